The van der Waals surface area contributed by atoms with Crippen LogP contribution in [0.5, 0.6) is 0 Å². The summed E-state index contributed by atoms with van der Waals surface area (Å²) in [5, 5.41) is 2.84. The van der Waals surface area contributed by atoms with Gasteiger partial charge in [-0.25, -0.2) is 4.79 Å². The van der Waals surface area contributed by atoms with Gasteiger partial charge in [-0.1, -0.05) is 0 Å². The molecule has 8 nitrogen and oxygen atoms in total. The van der Waals surface area contributed by atoms with E-state index in [0.717, 1.165) is 0 Å². The highest BCUT2D eigenvalue weighted by atomic mass is 16.6. The molecule has 0 aromatic carbocycles. The molecule has 2 rings (SSSR count). The molecule has 2 saturated heterocycles. The van der Waals surface area contributed by atoms with E-state index in [9.17, 15) is 9.59 Å². The first-order valence-electron chi connectivity index (χ1n) is 9.42. The maximum atomic E-state index is 11.9. The average Bonchev–Trinajstić information content (AvgIpc) is 2.93. The van der Waals surface area contributed by atoms with Crippen LogP contribution >= 0.6 is 0 Å². The molecular formula is C19H34N2O6. The fourth-order valence-corrected chi connectivity index (χ4v) is 3.89. The number of fused-ring (bicyclic) bond motifs is 1. The Hall–Kier alpha value is -1.38. The fraction of sp³-hybridized carbons (Fsp3) is 0.895. The van der Waals surface area contributed by atoms with Gasteiger partial charge in [0.05, 0.1) is 36.5 Å². The molecule has 8 heteroatoms. The van der Waals surface area contributed by atoms with Crippen molar-refractivity contribution in [2.45, 2.75) is 90.1 Å². The molecule has 0 aromatic rings. The summed E-state index contributed by atoms with van der Waals surface area (Å²) in [6, 6.07) is -0.623. The standard InChI is InChI=1S/C19H34N2O6/c1-11(22)25-12-9-21-10-13(26-18(2,3)4)16(27-19(5,6)7)15(21)14(12)20-17(23)24-8/h12-16H,9-10H2,1-8H3,(H,20,23)/t12-,13+,14+,15+,16-/m1/s1. The Bertz CT molecular complexity index is 553. The van der Waals surface area contributed by atoms with Gasteiger partial charge >= 0.3 is 12.1 Å². The number of hydrogen-bond donors (Lipinski definition) is 1. The van der Waals surface area contributed by atoms with Crippen LogP contribution in [-0.2, 0) is 23.7 Å². The smallest absolute Gasteiger partial charge is 0.407 e. The van der Waals surface area contributed by atoms with E-state index in [1.54, 1.807) is 0 Å². The molecule has 0 radical (unpaired) electrons. The van der Waals surface area contributed by atoms with Crippen molar-refractivity contribution in [2.24, 2.45) is 0 Å². The fourth-order valence-electron chi connectivity index (χ4n) is 3.89. The predicted octanol–water partition coefficient (Wildman–Crippen LogP) is 1.71. The molecule has 2 heterocycles. The van der Waals surface area contributed by atoms with Crippen LogP contribution < -0.4 is 5.32 Å². The van der Waals surface area contributed by atoms with Gasteiger partial charge < -0.3 is 24.3 Å². The molecule has 156 valence electrons. The summed E-state index contributed by atoms with van der Waals surface area (Å²) in [5.74, 6) is -0.381. The van der Waals surface area contributed by atoms with Gasteiger partial charge in [0.1, 0.15) is 12.2 Å². The van der Waals surface area contributed by atoms with Gasteiger partial charge in [-0.3, -0.25) is 9.69 Å². The van der Waals surface area contributed by atoms with Crippen molar-refractivity contribution >= 4 is 12.1 Å². The van der Waals surface area contributed by atoms with Crippen LogP contribution in [0.3, 0.4) is 0 Å². The SMILES string of the molecule is COC(=O)N[C@@H]1[C@H]2[C@H](OC(C)(C)C)[C@@H](OC(C)(C)C)CN2C[C@H]1OC(C)=O. The number of alkyl carbamates (subject to hydrolysis) is 1. The number of methoxy groups -OCH3 is 1. The first-order chi connectivity index (χ1) is 12.3. The van der Waals surface area contributed by atoms with E-state index >= 15 is 0 Å². The second-order valence-corrected chi connectivity index (χ2v) is 9.22. The summed E-state index contributed by atoms with van der Waals surface area (Å²) >= 11 is 0. The number of hydrogen-bond acceptors (Lipinski definition) is 7. The minimum atomic E-state index is -0.561. The minimum Gasteiger partial charge on any atom is -0.459 e. The van der Waals surface area contributed by atoms with Crippen molar-refractivity contribution < 1.29 is 28.5 Å². The maximum absolute atomic E-state index is 11.9. The Labute approximate surface area is 161 Å². The zero-order valence-corrected chi connectivity index (χ0v) is 17.7. The third-order valence-electron chi connectivity index (χ3n) is 4.50. The van der Waals surface area contributed by atoms with Crippen molar-refractivity contribution in [2.75, 3.05) is 20.2 Å². The average molecular weight is 386 g/mol. The lowest BCUT2D eigenvalue weighted by Gasteiger charge is -2.36. The topological polar surface area (TPSA) is 86.3 Å². The largest absolute Gasteiger partial charge is 0.459 e. The molecule has 0 aromatic heterocycles. The van der Waals surface area contributed by atoms with Crippen molar-refractivity contribution in [3.63, 3.8) is 0 Å². The van der Waals surface area contributed by atoms with E-state index in [2.05, 4.69) is 10.2 Å². The highest BCUT2D eigenvalue weighted by molar-refractivity contribution is 5.68. The van der Waals surface area contributed by atoms with Crippen LogP contribution in [0.1, 0.15) is 48.5 Å². The molecule has 2 aliphatic heterocycles. The summed E-state index contributed by atoms with van der Waals surface area (Å²) in [7, 11) is 1.31. The molecule has 0 aliphatic carbocycles. The molecule has 2 fully saturated rings. The number of nitrogens with zero attached hydrogens (tertiary/aromatic N) is 1. The van der Waals surface area contributed by atoms with Crippen molar-refractivity contribution in [1.82, 2.24) is 10.2 Å². The Morgan fingerprint density at radius 3 is 2.00 bits per heavy atom. The number of carbonyl (C=O) groups is 2. The van der Waals surface area contributed by atoms with E-state index in [1.165, 1.54) is 14.0 Å². The van der Waals surface area contributed by atoms with Gasteiger partial charge in [-0.15, -0.1) is 0 Å². The molecule has 2 aliphatic rings. The second-order valence-electron chi connectivity index (χ2n) is 9.22. The van der Waals surface area contributed by atoms with Crippen molar-refractivity contribution in [3.05, 3.63) is 0 Å². The first kappa shape index (κ1) is 21.9. The summed E-state index contributed by atoms with van der Waals surface area (Å²) in [5.41, 5.74) is -0.722. The van der Waals surface area contributed by atoms with Gasteiger partial charge in [-0.05, 0) is 41.5 Å². The Morgan fingerprint density at radius 2 is 1.52 bits per heavy atom. The summed E-state index contributed by atoms with van der Waals surface area (Å²) in [6.07, 6.45) is -1.47. The maximum Gasteiger partial charge on any atom is 0.407 e. The molecule has 1 N–H and O–H groups in total. The number of esters is 1. The van der Waals surface area contributed by atoms with Crippen LogP contribution in [0.4, 0.5) is 4.79 Å². The van der Waals surface area contributed by atoms with Gasteiger partial charge in [0, 0.05) is 20.0 Å². The van der Waals surface area contributed by atoms with Crippen LogP contribution in [-0.4, -0.2) is 78.8 Å². The second kappa shape index (κ2) is 7.93. The molecule has 0 spiro atoms. The third-order valence-corrected chi connectivity index (χ3v) is 4.50. The third kappa shape index (κ3) is 5.80. The van der Waals surface area contributed by atoms with Gasteiger partial charge in [0.15, 0.2) is 0 Å². The molecule has 1 amide bonds. The summed E-state index contributed by atoms with van der Waals surface area (Å²) < 4.78 is 22.9. The van der Waals surface area contributed by atoms with Crippen LogP contribution in [0.2, 0.25) is 0 Å². The monoisotopic (exact) mass is 386 g/mol. The van der Waals surface area contributed by atoms with Gasteiger partial charge in [-0.2, -0.15) is 0 Å². The lowest BCUT2D eigenvalue weighted by Crippen LogP contribution is -2.55. The quantitative estimate of drug-likeness (QED) is 0.736. The lowest BCUT2D eigenvalue weighted by atomic mass is 9.99. The molecule has 5 atom stereocenters. The highest BCUT2D eigenvalue weighted by Crippen LogP contribution is 2.37. The van der Waals surface area contributed by atoms with Gasteiger partial charge in [0.25, 0.3) is 0 Å². The normalized spacial score (nSPS) is 31.5. The van der Waals surface area contributed by atoms with Crippen molar-refractivity contribution in [1.29, 1.82) is 0 Å². The summed E-state index contributed by atoms with van der Waals surface area (Å²) in [4.78, 5) is 25.6. The number of nitrogens with one attached hydrogen (secondary N) is 1. The molecular weight excluding hydrogens is 352 g/mol. The number of ether oxygens (including phenoxy) is 4. The zero-order valence-electron chi connectivity index (χ0n) is 17.7. The Balaban J connectivity index is 2.31. The van der Waals surface area contributed by atoms with E-state index in [1.807, 2.05) is 41.5 Å². The Morgan fingerprint density at radius 1 is 0.963 bits per heavy atom. The Kier molecular flexibility index (Phi) is 6.44. The zero-order chi connectivity index (χ0) is 20.6. The summed E-state index contributed by atoms with van der Waals surface area (Å²) in [6.45, 7) is 14.5. The predicted molar refractivity (Wildman–Crippen MR) is 99.5 cm³/mol. The van der Waals surface area contributed by atoms with Gasteiger partial charge in [0.2, 0.25) is 0 Å². The number of rotatable bonds is 4. The van der Waals surface area contributed by atoms with E-state index < -0.39 is 23.8 Å². The highest BCUT2D eigenvalue weighted by Gasteiger charge is 2.57. The lowest BCUT2D eigenvalue weighted by molar-refractivity contribution is -0.157. The van der Waals surface area contributed by atoms with E-state index in [0.29, 0.717) is 13.1 Å². The number of amides is 1. The molecule has 0 unspecified atom stereocenters. The molecule has 27 heavy (non-hydrogen) atoms. The van der Waals surface area contributed by atoms with Crippen LogP contribution in [0.15, 0.2) is 0 Å². The number of carbonyl (C=O) groups excluding carboxylic acids is 2. The minimum absolute atomic E-state index is 0.158. The first-order valence-corrected chi connectivity index (χ1v) is 9.42. The van der Waals surface area contributed by atoms with E-state index in [4.69, 9.17) is 18.9 Å². The molecule has 0 saturated carbocycles. The van der Waals surface area contributed by atoms with Crippen molar-refractivity contribution in [3.8, 4) is 0 Å². The van der Waals surface area contributed by atoms with Crippen LogP contribution in [0, 0.1) is 0 Å². The molecule has 0 bridgehead atoms. The van der Waals surface area contributed by atoms with Crippen LogP contribution in [0.25, 0.3) is 0 Å². The van der Waals surface area contributed by atoms with E-state index in [-0.39, 0.29) is 29.8 Å².